The van der Waals surface area contributed by atoms with E-state index in [9.17, 15) is 9.59 Å². The SMILES string of the molecule is C/C=C(/C)[C@@H](CC=O)CC(=O)OCCc1ccccc1. The van der Waals surface area contributed by atoms with Crippen LogP contribution in [0.4, 0.5) is 0 Å². The zero-order valence-corrected chi connectivity index (χ0v) is 12.2. The van der Waals surface area contributed by atoms with E-state index in [1.165, 1.54) is 0 Å². The summed E-state index contributed by atoms with van der Waals surface area (Å²) in [5.74, 6) is -0.282. The van der Waals surface area contributed by atoms with Crippen LogP contribution in [0, 0.1) is 5.92 Å². The van der Waals surface area contributed by atoms with Crippen LogP contribution in [0.1, 0.15) is 32.3 Å². The van der Waals surface area contributed by atoms with Gasteiger partial charge in [-0.15, -0.1) is 0 Å². The predicted octanol–water partition coefficient (Wildman–Crippen LogP) is 3.33. The standard InChI is InChI=1S/C17H22O3/c1-3-14(2)16(9-11-18)13-17(19)20-12-10-15-7-5-4-6-8-15/h3-8,11,16H,9-10,12-13H2,1-2H3/b14-3-/t16-/m0/s1. The topological polar surface area (TPSA) is 43.4 Å². The van der Waals surface area contributed by atoms with Crippen molar-refractivity contribution in [1.29, 1.82) is 0 Å². The molecule has 0 radical (unpaired) electrons. The quantitative estimate of drug-likeness (QED) is 0.415. The molecule has 0 aliphatic rings. The van der Waals surface area contributed by atoms with E-state index in [2.05, 4.69) is 0 Å². The number of benzene rings is 1. The Morgan fingerprint density at radius 3 is 2.60 bits per heavy atom. The van der Waals surface area contributed by atoms with Crippen LogP contribution in [-0.4, -0.2) is 18.9 Å². The Balaban J connectivity index is 2.36. The Morgan fingerprint density at radius 1 is 1.30 bits per heavy atom. The summed E-state index contributed by atoms with van der Waals surface area (Å²) in [6.07, 6.45) is 4.14. The molecule has 0 spiro atoms. The second kappa shape index (κ2) is 9.08. The van der Waals surface area contributed by atoms with E-state index in [-0.39, 0.29) is 18.3 Å². The monoisotopic (exact) mass is 274 g/mol. The Bertz CT molecular complexity index is 449. The summed E-state index contributed by atoms with van der Waals surface area (Å²) < 4.78 is 5.24. The molecule has 0 aliphatic heterocycles. The molecule has 0 saturated carbocycles. The average molecular weight is 274 g/mol. The van der Waals surface area contributed by atoms with Crippen molar-refractivity contribution in [2.75, 3.05) is 6.61 Å². The van der Waals surface area contributed by atoms with Gasteiger partial charge in [0.1, 0.15) is 6.29 Å². The lowest BCUT2D eigenvalue weighted by Crippen LogP contribution is -2.14. The second-order valence-electron chi connectivity index (χ2n) is 4.79. The molecule has 0 N–H and O–H groups in total. The van der Waals surface area contributed by atoms with Crippen LogP contribution in [0.15, 0.2) is 42.0 Å². The van der Waals surface area contributed by atoms with Gasteiger partial charge in [0, 0.05) is 12.8 Å². The first-order valence-corrected chi connectivity index (χ1v) is 6.93. The zero-order chi connectivity index (χ0) is 14.8. The summed E-state index contributed by atoms with van der Waals surface area (Å²) in [4.78, 5) is 22.4. The van der Waals surface area contributed by atoms with E-state index in [1.807, 2.05) is 50.3 Å². The number of carbonyl (C=O) groups excluding carboxylic acids is 2. The normalized spacial score (nSPS) is 12.8. The van der Waals surface area contributed by atoms with Crippen LogP contribution in [0.25, 0.3) is 0 Å². The van der Waals surface area contributed by atoms with Crippen LogP contribution in [0.5, 0.6) is 0 Å². The van der Waals surface area contributed by atoms with E-state index in [4.69, 9.17) is 4.74 Å². The van der Waals surface area contributed by atoms with Crippen molar-refractivity contribution in [3.05, 3.63) is 47.5 Å². The van der Waals surface area contributed by atoms with E-state index >= 15 is 0 Å². The van der Waals surface area contributed by atoms with Gasteiger partial charge in [0.2, 0.25) is 0 Å². The molecular formula is C17H22O3. The Hall–Kier alpha value is -1.90. The van der Waals surface area contributed by atoms with Gasteiger partial charge in [-0.05, 0) is 25.3 Å². The van der Waals surface area contributed by atoms with Crippen molar-refractivity contribution in [3.8, 4) is 0 Å². The first-order valence-electron chi connectivity index (χ1n) is 6.93. The Labute approximate surface area is 120 Å². The smallest absolute Gasteiger partial charge is 0.306 e. The van der Waals surface area contributed by atoms with Gasteiger partial charge in [0.05, 0.1) is 13.0 Å². The van der Waals surface area contributed by atoms with Crippen molar-refractivity contribution in [1.82, 2.24) is 0 Å². The van der Waals surface area contributed by atoms with Crippen LogP contribution >= 0.6 is 0 Å². The lowest BCUT2D eigenvalue weighted by molar-refractivity contribution is -0.144. The molecule has 1 rings (SSSR count). The molecule has 3 nitrogen and oxygen atoms in total. The summed E-state index contributed by atoms with van der Waals surface area (Å²) in [6.45, 7) is 4.23. The predicted molar refractivity (Wildman–Crippen MR) is 79.3 cm³/mol. The molecule has 0 aliphatic carbocycles. The molecule has 108 valence electrons. The molecule has 0 amide bonds. The number of aldehydes is 1. The summed E-state index contributed by atoms with van der Waals surface area (Å²) in [7, 11) is 0. The molecule has 1 aromatic rings. The van der Waals surface area contributed by atoms with E-state index < -0.39 is 0 Å². The van der Waals surface area contributed by atoms with Crippen molar-refractivity contribution in [2.24, 2.45) is 5.92 Å². The first kappa shape index (κ1) is 16.2. The maximum absolute atomic E-state index is 11.8. The largest absolute Gasteiger partial charge is 0.465 e. The van der Waals surface area contributed by atoms with Crippen LogP contribution in [0.2, 0.25) is 0 Å². The molecule has 0 fully saturated rings. The number of ether oxygens (including phenoxy) is 1. The number of esters is 1. The third kappa shape index (κ3) is 5.83. The van der Waals surface area contributed by atoms with Gasteiger partial charge in [0.25, 0.3) is 0 Å². The highest BCUT2D eigenvalue weighted by Crippen LogP contribution is 2.18. The van der Waals surface area contributed by atoms with Gasteiger partial charge in [-0.2, -0.15) is 0 Å². The van der Waals surface area contributed by atoms with Crippen LogP contribution in [0.3, 0.4) is 0 Å². The number of allylic oxidation sites excluding steroid dienone is 2. The zero-order valence-electron chi connectivity index (χ0n) is 12.2. The van der Waals surface area contributed by atoms with Crippen molar-refractivity contribution >= 4 is 12.3 Å². The number of hydrogen-bond acceptors (Lipinski definition) is 3. The molecule has 0 aromatic heterocycles. The molecular weight excluding hydrogens is 252 g/mol. The highest BCUT2D eigenvalue weighted by Gasteiger charge is 2.15. The first-order chi connectivity index (χ1) is 9.67. The molecule has 20 heavy (non-hydrogen) atoms. The van der Waals surface area contributed by atoms with Gasteiger partial charge in [-0.1, -0.05) is 42.0 Å². The molecule has 1 atom stereocenters. The second-order valence-corrected chi connectivity index (χ2v) is 4.79. The van der Waals surface area contributed by atoms with Crippen LogP contribution in [-0.2, 0) is 20.7 Å². The molecule has 0 heterocycles. The molecule has 0 bridgehead atoms. The minimum atomic E-state index is -0.242. The minimum Gasteiger partial charge on any atom is -0.465 e. The fourth-order valence-electron chi connectivity index (χ4n) is 1.97. The molecule has 0 unspecified atom stereocenters. The van der Waals surface area contributed by atoms with Crippen molar-refractivity contribution in [3.63, 3.8) is 0 Å². The average Bonchev–Trinajstić information content (AvgIpc) is 2.47. The summed E-state index contributed by atoms with van der Waals surface area (Å²) in [5.41, 5.74) is 2.20. The van der Waals surface area contributed by atoms with E-state index in [0.717, 1.165) is 17.4 Å². The van der Waals surface area contributed by atoms with Crippen molar-refractivity contribution in [2.45, 2.75) is 33.1 Å². The van der Waals surface area contributed by atoms with Crippen molar-refractivity contribution < 1.29 is 14.3 Å². The number of carbonyl (C=O) groups is 2. The lowest BCUT2D eigenvalue weighted by atomic mass is 9.94. The van der Waals surface area contributed by atoms with Crippen LogP contribution < -0.4 is 0 Å². The molecule has 0 saturated heterocycles. The maximum atomic E-state index is 11.8. The fraction of sp³-hybridized carbons (Fsp3) is 0.412. The summed E-state index contributed by atoms with van der Waals surface area (Å²) in [5, 5.41) is 0. The third-order valence-electron chi connectivity index (χ3n) is 3.39. The minimum absolute atomic E-state index is 0.0401. The molecule has 3 heteroatoms. The highest BCUT2D eigenvalue weighted by molar-refractivity contribution is 5.70. The van der Waals surface area contributed by atoms with Gasteiger partial charge in [-0.25, -0.2) is 0 Å². The van der Waals surface area contributed by atoms with Gasteiger partial charge in [0.15, 0.2) is 0 Å². The van der Waals surface area contributed by atoms with Gasteiger partial charge < -0.3 is 9.53 Å². The summed E-state index contributed by atoms with van der Waals surface area (Å²) >= 11 is 0. The van der Waals surface area contributed by atoms with Gasteiger partial charge >= 0.3 is 5.97 Å². The third-order valence-corrected chi connectivity index (χ3v) is 3.39. The lowest BCUT2D eigenvalue weighted by Gasteiger charge is -2.14. The number of rotatable bonds is 8. The maximum Gasteiger partial charge on any atom is 0.306 e. The number of hydrogen-bond donors (Lipinski definition) is 0. The van der Waals surface area contributed by atoms with E-state index in [1.54, 1.807) is 0 Å². The fourth-order valence-corrected chi connectivity index (χ4v) is 1.97. The Kier molecular flexibility index (Phi) is 7.33. The molecule has 1 aromatic carbocycles. The summed E-state index contributed by atoms with van der Waals surface area (Å²) in [6, 6.07) is 9.90. The van der Waals surface area contributed by atoms with E-state index in [0.29, 0.717) is 19.4 Å². The highest BCUT2D eigenvalue weighted by atomic mass is 16.5. The Morgan fingerprint density at radius 2 is 2.00 bits per heavy atom. The van der Waals surface area contributed by atoms with Gasteiger partial charge in [-0.3, -0.25) is 4.79 Å².